The fourth-order valence-electron chi connectivity index (χ4n) is 3.95. The summed E-state index contributed by atoms with van der Waals surface area (Å²) in [4.78, 5) is 16.4. The van der Waals surface area contributed by atoms with Crippen LogP contribution in [0.1, 0.15) is 38.9 Å². The van der Waals surface area contributed by atoms with Crippen molar-refractivity contribution in [2.24, 2.45) is 10.9 Å². The monoisotopic (exact) mass is 393 g/mol. The Morgan fingerprint density at radius 3 is 2.74 bits per heavy atom. The maximum Gasteiger partial charge on any atom is 0.205 e. The highest BCUT2D eigenvalue weighted by Gasteiger charge is 2.22. The lowest BCUT2D eigenvalue weighted by molar-refractivity contribution is 0.182. The Balaban J connectivity index is 1.37. The van der Waals surface area contributed by atoms with Gasteiger partial charge in [-0.1, -0.05) is 13.8 Å². The number of piperidine rings is 1. The first-order valence-electron chi connectivity index (χ1n) is 10.4. The zero-order chi connectivity index (χ0) is 19.1. The zero-order valence-corrected chi connectivity index (χ0v) is 18.0. The van der Waals surface area contributed by atoms with Gasteiger partial charge >= 0.3 is 0 Å². The lowest BCUT2D eigenvalue weighted by Crippen LogP contribution is -2.52. The number of nitrogens with zero attached hydrogens (tertiary/aromatic N) is 6. The van der Waals surface area contributed by atoms with Crippen LogP contribution in [0.5, 0.6) is 0 Å². The summed E-state index contributed by atoms with van der Waals surface area (Å²) in [7, 11) is 1.89. The first-order valence-corrected chi connectivity index (χ1v) is 11.2. The minimum atomic E-state index is 0.859. The molecular weight excluding hydrogens is 358 g/mol. The van der Waals surface area contributed by atoms with E-state index in [1.807, 2.05) is 7.05 Å². The van der Waals surface area contributed by atoms with Gasteiger partial charge in [-0.2, -0.15) is 4.37 Å². The number of guanidine groups is 1. The fourth-order valence-corrected chi connectivity index (χ4v) is 4.75. The van der Waals surface area contributed by atoms with E-state index in [1.165, 1.54) is 50.4 Å². The van der Waals surface area contributed by atoms with Gasteiger partial charge in [0.2, 0.25) is 5.13 Å². The largest absolute Gasteiger partial charge is 0.356 e. The third kappa shape index (κ3) is 5.78. The van der Waals surface area contributed by atoms with Crippen LogP contribution in [0.3, 0.4) is 0 Å². The summed E-state index contributed by atoms with van der Waals surface area (Å²) < 4.78 is 4.41. The van der Waals surface area contributed by atoms with E-state index in [9.17, 15) is 0 Å². The number of aromatic nitrogens is 2. The maximum absolute atomic E-state index is 4.62. The highest BCUT2D eigenvalue weighted by atomic mass is 32.1. The molecule has 2 saturated heterocycles. The number of nitrogens with one attached hydrogen (secondary N) is 1. The molecule has 3 heterocycles. The van der Waals surface area contributed by atoms with Crippen molar-refractivity contribution in [2.45, 2.75) is 39.5 Å². The first kappa shape index (κ1) is 20.3. The molecular formula is C19H35N7S. The number of aryl methyl sites for hydroxylation is 1. The number of aliphatic imine (C=N–C) groups is 1. The Morgan fingerprint density at radius 2 is 2.07 bits per heavy atom. The Morgan fingerprint density at radius 1 is 1.26 bits per heavy atom. The molecule has 0 saturated carbocycles. The lowest BCUT2D eigenvalue weighted by Gasteiger charge is -2.36. The standard InChI is InChI=1S/C19H35N7S/c1-4-17-22-19(27-23-17)26-13-11-25(12-14-26)18(20-3)21-8-6-10-24-9-5-7-16(2)15-24/h16H,4-15H2,1-3H3,(H,20,21). The summed E-state index contributed by atoms with van der Waals surface area (Å²) in [5, 5.41) is 4.62. The van der Waals surface area contributed by atoms with E-state index in [4.69, 9.17) is 0 Å². The normalized spacial score (nSPS) is 22.3. The third-order valence-electron chi connectivity index (χ3n) is 5.51. The summed E-state index contributed by atoms with van der Waals surface area (Å²) in [5.74, 6) is 2.85. The van der Waals surface area contributed by atoms with Crippen LogP contribution in [0.15, 0.2) is 4.99 Å². The van der Waals surface area contributed by atoms with Crippen LogP contribution in [0.25, 0.3) is 0 Å². The molecule has 1 aromatic heterocycles. The molecule has 8 heteroatoms. The molecule has 0 amide bonds. The molecule has 1 aromatic rings. The van der Waals surface area contributed by atoms with E-state index in [0.717, 1.165) is 62.0 Å². The molecule has 0 spiro atoms. The van der Waals surface area contributed by atoms with Gasteiger partial charge in [0.05, 0.1) is 0 Å². The van der Waals surface area contributed by atoms with E-state index in [-0.39, 0.29) is 0 Å². The van der Waals surface area contributed by atoms with E-state index in [1.54, 1.807) is 0 Å². The lowest BCUT2D eigenvalue weighted by atomic mass is 10.0. The number of rotatable bonds is 6. The minimum Gasteiger partial charge on any atom is -0.356 e. The molecule has 0 radical (unpaired) electrons. The van der Waals surface area contributed by atoms with Crippen LogP contribution in [-0.4, -0.2) is 84.5 Å². The Labute approximate surface area is 168 Å². The highest BCUT2D eigenvalue weighted by Crippen LogP contribution is 2.19. The van der Waals surface area contributed by atoms with Crippen LogP contribution in [0.2, 0.25) is 0 Å². The molecule has 7 nitrogen and oxygen atoms in total. The summed E-state index contributed by atoms with van der Waals surface area (Å²) >= 11 is 1.52. The molecule has 1 N–H and O–H groups in total. The molecule has 3 rings (SSSR count). The predicted molar refractivity (Wildman–Crippen MR) is 114 cm³/mol. The Bertz CT molecular complexity index is 595. The van der Waals surface area contributed by atoms with Crippen molar-refractivity contribution in [2.75, 3.05) is 64.3 Å². The van der Waals surface area contributed by atoms with Crippen LogP contribution in [0.4, 0.5) is 5.13 Å². The highest BCUT2D eigenvalue weighted by molar-refractivity contribution is 7.09. The molecule has 2 fully saturated rings. The van der Waals surface area contributed by atoms with Gasteiger partial charge in [0.25, 0.3) is 0 Å². The van der Waals surface area contributed by atoms with Crippen LogP contribution in [0, 0.1) is 5.92 Å². The number of anilines is 1. The molecule has 152 valence electrons. The molecule has 0 aromatic carbocycles. The van der Waals surface area contributed by atoms with Crippen molar-refractivity contribution in [1.82, 2.24) is 24.5 Å². The minimum absolute atomic E-state index is 0.859. The van der Waals surface area contributed by atoms with Gasteiger partial charge in [-0.3, -0.25) is 4.99 Å². The zero-order valence-electron chi connectivity index (χ0n) is 17.2. The number of hydrogen-bond acceptors (Lipinski definition) is 6. The molecule has 2 aliphatic rings. The van der Waals surface area contributed by atoms with Gasteiger partial charge in [-0.05, 0) is 38.3 Å². The van der Waals surface area contributed by atoms with Gasteiger partial charge in [0, 0.05) is 64.3 Å². The van der Waals surface area contributed by atoms with Crippen molar-refractivity contribution in [3.63, 3.8) is 0 Å². The Kier molecular flexibility index (Phi) is 7.70. The second-order valence-electron chi connectivity index (χ2n) is 7.70. The van der Waals surface area contributed by atoms with Crippen molar-refractivity contribution in [3.05, 3.63) is 5.82 Å². The van der Waals surface area contributed by atoms with Crippen LogP contribution < -0.4 is 10.2 Å². The second kappa shape index (κ2) is 10.2. The molecule has 2 aliphatic heterocycles. The average molecular weight is 394 g/mol. The Hall–Kier alpha value is -1.41. The summed E-state index contributed by atoms with van der Waals surface area (Å²) in [6, 6.07) is 0. The summed E-state index contributed by atoms with van der Waals surface area (Å²) in [6.07, 6.45) is 4.83. The maximum atomic E-state index is 4.62. The smallest absolute Gasteiger partial charge is 0.205 e. The van der Waals surface area contributed by atoms with Crippen molar-refractivity contribution in [1.29, 1.82) is 0 Å². The third-order valence-corrected chi connectivity index (χ3v) is 6.33. The van der Waals surface area contributed by atoms with Crippen LogP contribution in [-0.2, 0) is 6.42 Å². The van der Waals surface area contributed by atoms with E-state index < -0.39 is 0 Å². The molecule has 0 bridgehead atoms. The molecule has 1 atom stereocenters. The average Bonchev–Trinajstić information content (AvgIpc) is 3.18. The van der Waals surface area contributed by atoms with Gasteiger partial charge in [-0.15, -0.1) is 0 Å². The van der Waals surface area contributed by atoms with Gasteiger partial charge < -0.3 is 20.0 Å². The molecule has 27 heavy (non-hydrogen) atoms. The number of likely N-dealkylation sites (tertiary alicyclic amines) is 1. The molecule has 0 aliphatic carbocycles. The van der Waals surface area contributed by atoms with Crippen LogP contribution >= 0.6 is 11.5 Å². The first-order chi connectivity index (χ1) is 13.2. The fraction of sp³-hybridized carbons (Fsp3) is 0.842. The topological polar surface area (TPSA) is 59.9 Å². The molecule has 1 unspecified atom stereocenters. The van der Waals surface area contributed by atoms with Gasteiger partial charge in [0.15, 0.2) is 5.96 Å². The SMILES string of the molecule is CCc1nsc(N2CCN(C(=NC)NCCCN3CCCC(C)C3)CC2)n1. The van der Waals surface area contributed by atoms with Crippen molar-refractivity contribution < 1.29 is 0 Å². The van der Waals surface area contributed by atoms with E-state index in [0.29, 0.717) is 0 Å². The number of piperazine rings is 1. The summed E-state index contributed by atoms with van der Waals surface area (Å²) in [6.45, 7) is 13.1. The predicted octanol–water partition coefficient (Wildman–Crippen LogP) is 1.92. The quantitative estimate of drug-likeness (QED) is 0.453. The number of hydrogen-bond donors (Lipinski definition) is 1. The van der Waals surface area contributed by atoms with Gasteiger partial charge in [0.1, 0.15) is 5.82 Å². The van der Waals surface area contributed by atoms with Crippen molar-refractivity contribution >= 4 is 22.6 Å². The van der Waals surface area contributed by atoms with Crippen molar-refractivity contribution in [3.8, 4) is 0 Å². The second-order valence-corrected chi connectivity index (χ2v) is 8.43. The van der Waals surface area contributed by atoms with E-state index in [2.05, 4.69) is 48.2 Å². The van der Waals surface area contributed by atoms with E-state index >= 15 is 0 Å². The summed E-state index contributed by atoms with van der Waals surface area (Å²) in [5.41, 5.74) is 0. The van der Waals surface area contributed by atoms with Gasteiger partial charge in [-0.25, -0.2) is 4.98 Å².